The highest BCUT2D eigenvalue weighted by atomic mass is 35.5. The molecule has 0 fully saturated rings. The number of nitrogens with one attached hydrogen (secondary N) is 1. The van der Waals surface area contributed by atoms with E-state index in [1.165, 1.54) is 21.3 Å². The van der Waals surface area contributed by atoms with Gasteiger partial charge in [0.2, 0.25) is 5.90 Å². The highest BCUT2D eigenvalue weighted by Gasteiger charge is 2.28. The fourth-order valence-electron chi connectivity index (χ4n) is 3.81. The molecule has 3 rings (SSSR count). The maximum atomic E-state index is 13.2. The third-order valence-corrected chi connectivity index (χ3v) is 6.05. The second-order valence-electron chi connectivity index (χ2n) is 7.94. The minimum absolute atomic E-state index is 0.0343. The zero-order valence-corrected chi connectivity index (χ0v) is 23.1. The van der Waals surface area contributed by atoms with Crippen LogP contribution in [-0.2, 0) is 22.5 Å². The standard InChI is InChI=1S/C27H30ClN2O6P/c1-6-35-14-19-22(23-20(33-4)12-18(37)13-21(23)34-5)25(31)24(26(32)30-19)27(29-3)36-15(2)11-16-7-9-17(28)10-8-16/h7-10,12-13H,2,6,11,14,37H2,1,3-5H3,(H2,30,31,32). The van der Waals surface area contributed by atoms with Gasteiger partial charge in [0.05, 0.1) is 37.6 Å². The van der Waals surface area contributed by atoms with Crippen molar-refractivity contribution in [2.45, 2.75) is 20.0 Å². The van der Waals surface area contributed by atoms with Crippen molar-refractivity contribution < 1.29 is 24.1 Å². The van der Waals surface area contributed by atoms with E-state index in [0.717, 1.165) is 10.9 Å². The Morgan fingerprint density at radius 1 is 1.14 bits per heavy atom. The molecule has 0 saturated carbocycles. The van der Waals surface area contributed by atoms with E-state index in [1.54, 1.807) is 24.3 Å². The molecule has 0 aliphatic rings. The first kappa shape index (κ1) is 28.3. The maximum Gasteiger partial charge on any atom is 0.264 e. The van der Waals surface area contributed by atoms with Crippen molar-refractivity contribution in [3.63, 3.8) is 0 Å². The van der Waals surface area contributed by atoms with Gasteiger partial charge in [-0.25, -0.2) is 0 Å². The molecule has 3 aromatic rings. The Morgan fingerprint density at radius 2 is 1.76 bits per heavy atom. The van der Waals surface area contributed by atoms with Gasteiger partial charge < -0.3 is 29.0 Å². The molecule has 1 aromatic heterocycles. The Morgan fingerprint density at radius 3 is 2.30 bits per heavy atom. The van der Waals surface area contributed by atoms with E-state index in [2.05, 4.69) is 25.8 Å². The Balaban J connectivity index is 2.15. The Labute approximate surface area is 223 Å². The van der Waals surface area contributed by atoms with E-state index in [0.29, 0.717) is 46.6 Å². The number of rotatable bonds is 10. The van der Waals surface area contributed by atoms with E-state index in [4.69, 9.17) is 30.5 Å². The Kier molecular flexibility index (Phi) is 9.75. The number of hydrogen-bond acceptors (Lipinski definition) is 7. The Bertz CT molecular complexity index is 1340. The molecule has 0 aliphatic carbocycles. The molecule has 1 atom stereocenters. The monoisotopic (exact) mass is 544 g/mol. The van der Waals surface area contributed by atoms with Crippen LogP contribution < -0.4 is 20.3 Å². The zero-order valence-electron chi connectivity index (χ0n) is 21.2. The summed E-state index contributed by atoms with van der Waals surface area (Å²) < 4.78 is 22.7. The highest BCUT2D eigenvalue weighted by Crippen LogP contribution is 2.44. The number of nitrogens with zero attached hydrogens (tertiary/aromatic N) is 1. The molecule has 1 heterocycles. The lowest BCUT2D eigenvalue weighted by molar-refractivity contribution is 0.131. The van der Waals surface area contributed by atoms with E-state index in [1.807, 2.05) is 19.1 Å². The smallest absolute Gasteiger partial charge is 0.264 e. The van der Waals surface area contributed by atoms with Gasteiger partial charge in [-0.2, -0.15) is 0 Å². The second-order valence-corrected chi connectivity index (χ2v) is 9.04. The molecule has 10 heteroatoms. The van der Waals surface area contributed by atoms with E-state index >= 15 is 0 Å². The molecule has 2 aromatic carbocycles. The number of benzene rings is 2. The minimum Gasteiger partial charge on any atom is -0.506 e. The summed E-state index contributed by atoms with van der Waals surface area (Å²) >= 11 is 5.96. The SMILES string of the molecule is C=C(Cc1ccc(Cl)cc1)OC(=NC)c1c(O)c(-c2c(OC)cc(P)cc2OC)c(COCC)[nH]c1=O. The van der Waals surface area contributed by atoms with Crippen molar-refractivity contribution in [3.05, 3.63) is 80.9 Å². The van der Waals surface area contributed by atoms with Crippen LogP contribution in [0, 0.1) is 0 Å². The summed E-state index contributed by atoms with van der Waals surface area (Å²) in [5.41, 5.74) is 1.20. The molecule has 8 nitrogen and oxygen atoms in total. The number of aromatic nitrogens is 1. The summed E-state index contributed by atoms with van der Waals surface area (Å²) in [5, 5.41) is 13.0. The molecule has 37 heavy (non-hydrogen) atoms. The van der Waals surface area contributed by atoms with Crippen LogP contribution in [-0.4, -0.2) is 43.9 Å². The zero-order chi connectivity index (χ0) is 27.1. The molecule has 2 N–H and O–H groups in total. The molecule has 1 unspecified atom stereocenters. The fourth-order valence-corrected chi connectivity index (χ4v) is 4.24. The van der Waals surface area contributed by atoms with Crippen LogP contribution in [0.25, 0.3) is 11.1 Å². The van der Waals surface area contributed by atoms with Gasteiger partial charge in [-0.15, -0.1) is 9.24 Å². The first-order valence-electron chi connectivity index (χ1n) is 11.4. The third-order valence-electron chi connectivity index (χ3n) is 5.47. The van der Waals surface area contributed by atoms with E-state index < -0.39 is 5.56 Å². The molecule has 0 saturated heterocycles. The number of ether oxygens (including phenoxy) is 4. The average molecular weight is 545 g/mol. The number of halogens is 1. The van der Waals surface area contributed by atoms with Crippen molar-refractivity contribution in [2.24, 2.45) is 4.99 Å². The van der Waals surface area contributed by atoms with Gasteiger partial charge in [-0.3, -0.25) is 9.79 Å². The number of allylic oxidation sites excluding steroid dienone is 1. The number of H-pyrrole nitrogens is 1. The summed E-state index contributed by atoms with van der Waals surface area (Å²) in [7, 11) is 7.06. The molecule has 0 radical (unpaired) electrons. The summed E-state index contributed by atoms with van der Waals surface area (Å²) in [4.78, 5) is 20.2. The lowest BCUT2D eigenvalue weighted by Crippen LogP contribution is -2.23. The van der Waals surface area contributed by atoms with Crippen LogP contribution in [0.4, 0.5) is 0 Å². The first-order valence-corrected chi connectivity index (χ1v) is 12.3. The van der Waals surface area contributed by atoms with Crippen molar-refractivity contribution in [1.82, 2.24) is 4.98 Å². The number of pyridine rings is 1. The molecule has 0 aliphatic heterocycles. The predicted molar refractivity (Wildman–Crippen MR) is 150 cm³/mol. The number of hydrogen-bond donors (Lipinski definition) is 2. The normalized spacial score (nSPS) is 11.4. The van der Waals surface area contributed by atoms with Gasteiger partial charge >= 0.3 is 0 Å². The van der Waals surface area contributed by atoms with Gasteiger partial charge in [0.15, 0.2) is 0 Å². The van der Waals surface area contributed by atoms with Gasteiger partial charge in [0.1, 0.15) is 28.6 Å². The molecule has 196 valence electrons. The first-order chi connectivity index (χ1) is 17.7. The predicted octanol–water partition coefficient (Wildman–Crippen LogP) is 4.60. The highest BCUT2D eigenvalue weighted by molar-refractivity contribution is 7.27. The third kappa shape index (κ3) is 6.52. The number of aromatic hydroxyl groups is 1. The number of methoxy groups -OCH3 is 2. The van der Waals surface area contributed by atoms with Crippen LogP contribution in [0.3, 0.4) is 0 Å². The quantitative estimate of drug-likeness (QED) is 0.167. The Hall–Kier alpha value is -3.32. The topological polar surface area (TPSA) is 102 Å². The molecule has 0 spiro atoms. The van der Waals surface area contributed by atoms with Crippen LogP contribution in [0.5, 0.6) is 17.2 Å². The van der Waals surface area contributed by atoms with E-state index in [9.17, 15) is 9.90 Å². The number of aliphatic imine (C=N–C) groups is 1. The van der Waals surface area contributed by atoms with Crippen molar-refractivity contribution >= 4 is 32.0 Å². The summed E-state index contributed by atoms with van der Waals surface area (Å²) in [5.74, 6) is 0.732. The van der Waals surface area contributed by atoms with Crippen LogP contribution in [0.2, 0.25) is 5.02 Å². The van der Waals surface area contributed by atoms with Crippen LogP contribution in [0.1, 0.15) is 23.7 Å². The van der Waals surface area contributed by atoms with Crippen LogP contribution in [0.15, 0.2) is 58.5 Å². The second kappa shape index (κ2) is 12.8. The maximum absolute atomic E-state index is 13.2. The van der Waals surface area contributed by atoms with Crippen molar-refractivity contribution in [3.8, 4) is 28.4 Å². The van der Waals surface area contributed by atoms with E-state index in [-0.39, 0.29) is 29.4 Å². The van der Waals surface area contributed by atoms with Gasteiger partial charge in [0.25, 0.3) is 5.56 Å². The van der Waals surface area contributed by atoms with Gasteiger partial charge in [-0.1, -0.05) is 30.3 Å². The lowest BCUT2D eigenvalue weighted by Gasteiger charge is -2.20. The fraction of sp³-hybridized carbons (Fsp3) is 0.259. The van der Waals surface area contributed by atoms with Gasteiger partial charge in [-0.05, 0) is 42.1 Å². The largest absolute Gasteiger partial charge is 0.506 e. The molecule has 0 bridgehead atoms. The van der Waals surface area contributed by atoms with Crippen LogP contribution >= 0.6 is 20.8 Å². The lowest BCUT2D eigenvalue weighted by atomic mass is 9.98. The average Bonchev–Trinajstić information content (AvgIpc) is 2.87. The summed E-state index contributed by atoms with van der Waals surface area (Å²) in [6, 6.07) is 10.8. The summed E-state index contributed by atoms with van der Waals surface area (Å²) in [6.07, 6.45) is 0.349. The van der Waals surface area contributed by atoms with Gasteiger partial charge in [0, 0.05) is 25.1 Å². The summed E-state index contributed by atoms with van der Waals surface area (Å²) in [6.45, 7) is 6.22. The molecular formula is C27H30ClN2O6P. The number of aromatic amines is 1. The van der Waals surface area contributed by atoms with Crippen molar-refractivity contribution in [1.29, 1.82) is 0 Å². The molecular weight excluding hydrogens is 515 g/mol. The minimum atomic E-state index is -0.601. The van der Waals surface area contributed by atoms with Crippen molar-refractivity contribution in [2.75, 3.05) is 27.9 Å². The molecule has 0 amide bonds.